The van der Waals surface area contributed by atoms with E-state index in [0.29, 0.717) is 0 Å². The summed E-state index contributed by atoms with van der Waals surface area (Å²) in [6.07, 6.45) is 2.83. The monoisotopic (exact) mass is 149 g/mol. The summed E-state index contributed by atoms with van der Waals surface area (Å²) in [7, 11) is 2.17. The summed E-state index contributed by atoms with van der Waals surface area (Å²) in [6, 6.07) is 0. The summed E-state index contributed by atoms with van der Waals surface area (Å²) in [5, 5.41) is 7.50. The predicted molar refractivity (Wildman–Crippen MR) is 39.8 cm³/mol. The van der Waals surface area contributed by atoms with Crippen molar-refractivity contribution < 1.29 is 9.50 Å². The number of alkyl halides is 1. The molecule has 0 radical (unpaired) electrons. The lowest BCUT2D eigenvalue weighted by Gasteiger charge is -2.01. The molecule has 0 amide bonds. The summed E-state index contributed by atoms with van der Waals surface area (Å²) in [5.41, 5.74) is 0. The van der Waals surface area contributed by atoms with Crippen LogP contribution in [0.1, 0.15) is 12.8 Å². The van der Waals surface area contributed by atoms with Crippen molar-refractivity contribution in [2.75, 3.05) is 33.4 Å². The first-order valence-corrected chi connectivity index (χ1v) is 3.66. The molecule has 1 aliphatic heterocycles. The fourth-order valence-electron chi connectivity index (χ4n) is 0.875. The number of aliphatic hydroxyl groups is 1. The molecule has 0 aromatic rings. The third-order valence-corrected chi connectivity index (χ3v) is 1.41. The molecule has 10 heavy (non-hydrogen) atoms. The maximum absolute atomic E-state index is 10.5. The van der Waals surface area contributed by atoms with Crippen molar-refractivity contribution in [3.8, 4) is 0 Å². The molecule has 0 unspecified atom stereocenters. The molecular weight excluding hydrogens is 133 g/mol. The molecule has 1 saturated heterocycles. The lowest BCUT2D eigenvalue weighted by atomic mass is 10.4. The largest absolute Gasteiger partial charge is 0.394 e. The van der Waals surface area contributed by atoms with Crippen LogP contribution in [0.15, 0.2) is 0 Å². The molecule has 1 heterocycles. The quantitative estimate of drug-likeness (QED) is 0.592. The van der Waals surface area contributed by atoms with Gasteiger partial charge in [-0.2, -0.15) is 0 Å². The van der Waals surface area contributed by atoms with E-state index >= 15 is 0 Å². The zero-order chi connectivity index (χ0) is 7.82. The van der Waals surface area contributed by atoms with Gasteiger partial charge in [-0.1, -0.05) is 0 Å². The number of rotatable bonds is 1. The summed E-state index contributed by atoms with van der Waals surface area (Å²) >= 11 is 0. The zero-order valence-electron chi connectivity index (χ0n) is 6.52. The molecule has 0 saturated carbocycles. The Morgan fingerprint density at radius 1 is 1.40 bits per heavy atom. The third-order valence-electron chi connectivity index (χ3n) is 1.41. The van der Waals surface area contributed by atoms with Crippen LogP contribution in [-0.4, -0.2) is 43.4 Å². The van der Waals surface area contributed by atoms with Gasteiger partial charge < -0.3 is 10.0 Å². The van der Waals surface area contributed by atoms with Crippen molar-refractivity contribution in [2.45, 2.75) is 12.8 Å². The maximum Gasteiger partial charge on any atom is 0.112 e. The van der Waals surface area contributed by atoms with E-state index in [2.05, 4.69) is 11.9 Å². The van der Waals surface area contributed by atoms with Crippen LogP contribution in [0.2, 0.25) is 0 Å². The van der Waals surface area contributed by atoms with Gasteiger partial charge in [0.15, 0.2) is 0 Å². The van der Waals surface area contributed by atoms with Gasteiger partial charge in [-0.05, 0) is 33.0 Å². The van der Waals surface area contributed by atoms with Crippen molar-refractivity contribution in [3.63, 3.8) is 0 Å². The third kappa shape index (κ3) is 5.98. The Morgan fingerprint density at radius 2 is 1.80 bits per heavy atom. The van der Waals surface area contributed by atoms with E-state index in [0.717, 1.165) is 0 Å². The van der Waals surface area contributed by atoms with Crippen LogP contribution >= 0.6 is 0 Å². The highest BCUT2D eigenvalue weighted by Crippen LogP contribution is 2.01. The number of halogens is 1. The fourth-order valence-corrected chi connectivity index (χ4v) is 0.875. The topological polar surface area (TPSA) is 23.5 Å². The minimum absolute atomic E-state index is 0.347. The highest BCUT2D eigenvalue weighted by Gasteiger charge is 2.03. The van der Waals surface area contributed by atoms with Gasteiger partial charge in [-0.15, -0.1) is 0 Å². The van der Waals surface area contributed by atoms with Crippen LogP contribution in [0.5, 0.6) is 0 Å². The Balaban J connectivity index is 0.000000180. The standard InChI is InChI=1S/C5H11N.C2H5FO/c1-6-4-2-3-5-6;3-1-2-4/h2-5H2,1H3;4H,1-2H2. The van der Waals surface area contributed by atoms with E-state index in [4.69, 9.17) is 5.11 Å². The van der Waals surface area contributed by atoms with E-state index in [1.54, 1.807) is 0 Å². The Labute approximate surface area is 61.6 Å². The van der Waals surface area contributed by atoms with Gasteiger partial charge in [-0.3, -0.25) is 0 Å². The molecule has 1 rings (SSSR count). The molecule has 0 aromatic heterocycles. The second-order valence-corrected chi connectivity index (χ2v) is 2.42. The van der Waals surface area contributed by atoms with Crippen LogP contribution in [-0.2, 0) is 0 Å². The predicted octanol–water partition coefficient (Wildman–Crippen LogP) is 0.660. The van der Waals surface area contributed by atoms with Crippen LogP contribution in [0.3, 0.4) is 0 Å². The van der Waals surface area contributed by atoms with Gasteiger partial charge in [0.05, 0.1) is 6.61 Å². The molecule has 0 aromatic carbocycles. The molecular formula is C7H16FNO. The minimum Gasteiger partial charge on any atom is -0.394 e. The van der Waals surface area contributed by atoms with Crippen molar-refractivity contribution >= 4 is 0 Å². The molecule has 0 atom stereocenters. The lowest BCUT2D eigenvalue weighted by Crippen LogP contribution is -2.10. The van der Waals surface area contributed by atoms with Gasteiger partial charge in [0, 0.05) is 0 Å². The van der Waals surface area contributed by atoms with Gasteiger partial charge in [0.1, 0.15) is 6.67 Å². The van der Waals surface area contributed by atoms with Gasteiger partial charge >= 0.3 is 0 Å². The van der Waals surface area contributed by atoms with Gasteiger partial charge in [-0.25, -0.2) is 4.39 Å². The summed E-state index contributed by atoms with van der Waals surface area (Å²) in [4.78, 5) is 2.36. The first kappa shape index (κ1) is 9.85. The summed E-state index contributed by atoms with van der Waals surface area (Å²) in [5.74, 6) is 0. The van der Waals surface area contributed by atoms with Gasteiger partial charge in [0.2, 0.25) is 0 Å². The molecule has 62 valence electrons. The average molecular weight is 149 g/mol. The number of hydrogen-bond acceptors (Lipinski definition) is 2. The Bertz CT molecular complexity index is 62.6. The second kappa shape index (κ2) is 6.96. The van der Waals surface area contributed by atoms with Crippen molar-refractivity contribution in [3.05, 3.63) is 0 Å². The van der Waals surface area contributed by atoms with Crippen LogP contribution in [0, 0.1) is 0 Å². The number of nitrogens with zero attached hydrogens (tertiary/aromatic N) is 1. The molecule has 3 heteroatoms. The van der Waals surface area contributed by atoms with Crippen molar-refractivity contribution in [2.24, 2.45) is 0 Å². The lowest BCUT2D eigenvalue weighted by molar-refractivity contribution is 0.253. The summed E-state index contributed by atoms with van der Waals surface area (Å²) in [6.45, 7) is 1.67. The molecule has 1 N–H and O–H groups in total. The first-order valence-electron chi connectivity index (χ1n) is 3.66. The van der Waals surface area contributed by atoms with Crippen LogP contribution in [0.4, 0.5) is 4.39 Å². The van der Waals surface area contributed by atoms with Gasteiger partial charge in [0.25, 0.3) is 0 Å². The highest BCUT2D eigenvalue weighted by atomic mass is 19.1. The molecule has 0 bridgehead atoms. The SMILES string of the molecule is CN1CCCC1.OCCF. The Hall–Kier alpha value is -0.150. The Kier molecular flexibility index (Phi) is 6.86. The molecule has 2 nitrogen and oxygen atoms in total. The van der Waals surface area contributed by atoms with Crippen molar-refractivity contribution in [1.82, 2.24) is 4.90 Å². The molecule has 1 fully saturated rings. The summed E-state index contributed by atoms with van der Waals surface area (Å²) < 4.78 is 10.5. The number of hydrogen-bond donors (Lipinski definition) is 1. The molecule has 1 aliphatic rings. The maximum atomic E-state index is 10.5. The zero-order valence-corrected chi connectivity index (χ0v) is 6.52. The van der Waals surface area contributed by atoms with E-state index in [1.807, 2.05) is 0 Å². The highest BCUT2D eigenvalue weighted by molar-refractivity contribution is 4.59. The minimum atomic E-state index is -0.625. The smallest absolute Gasteiger partial charge is 0.112 e. The van der Waals surface area contributed by atoms with E-state index < -0.39 is 6.67 Å². The number of aliphatic hydroxyl groups excluding tert-OH is 1. The first-order chi connectivity index (χ1) is 4.81. The fraction of sp³-hybridized carbons (Fsp3) is 1.00. The second-order valence-electron chi connectivity index (χ2n) is 2.42. The van der Waals surface area contributed by atoms with Crippen LogP contribution in [0.25, 0.3) is 0 Å². The Morgan fingerprint density at radius 3 is 1.90 bits per heavy atom. The average Bonchev–Trinajstić information content (AvgIpc) is 2.40. The molecule has 0 aliphatic carbocycles. The van der Waals surface area contributed by atoms with E-state index in [-0.39, 0.29) is 6.61 Å². The number of likely N-dealkylation sites (tertiary alicyclic amines) is 1. The molecule has 0 spiro atoms. The van der Waals surface area contributed by atoms with Crippen molar-refractivity contribution in [1.29, 1.82) is 0 Å². The van der Waals surface area contributed by atoms with E-state index in [9.17, 15) is 4.39 Å². The van der Waals surface area contributed by atoms with E-state index in [1.165, 1.54) is 25.9 Å². The van der Waals surface area contributed by atoms with Crippen LogP contribution < -0.4 is 0 Å². The normalized spacial score (nSPS) is 18.3.